The minimum atomic E-state index is 0.432. The van der Waals surface area contributed by atoms with Crippen molar-refractivity contribution in [2.45, 2.75) is 0 Å². The number of benzene rings is 3. The van der Waals surface area contributed by atoms with Gasteiger partial charge in [-0.25, -0.2) is 9.97 Å². The third-order valence-electron chi connectivity index (χ3n) is 4.86. The Morgan fingerprint density at radius 2 is 1.04 bits per heavy atom. The number of nitrogens with zero attached hydrogens (tertiary/aromatic N) is 2. The highest BCUT2D eigenvalue weighted by Crippen LogP contribution is 2.39. The van der Waals surface area contributed by atoms with Crippen molar-refractivity contribution in [3.05, 3.63) is 95.2 Å². The topological polar surface area (TPSA) is 25.8 Å². The van der Waals surface area contributed by atoms with E-state index in [9.17, 15) is 0 Å². The molecule has 0 N–H and O–H groups in total. The number of pyridine rings is 2. The van der Waals surface area contributed by atoms with Crippen LogP contribution in [0.5, 0.6) is 0 Å². The third kappa shape index (κ3) is 2.91. The average Bonchev–Trinajstić information content (AvgIpc) is 2.74. The standard InChI is InChI=1S/C24H14Cl2N2/c25-21-12-11-17-18(15-7-3-1-4-8-15)13-20-19(16-9-5-2-6-10-16)14-22(26)28-24(20)23(17)27-21/h1-14H. The van der Waals surface area contributed by atoms with Crippen LogP contribution >= 0.6 is 23.2 Å². The summed E-state index contributed by atoms with van der Waals surface area (Å²) in [5.74, 6) is 0. The SMILES string of the molecule is Clc1ccc2c(-c3ccccc3)cc3c(-c4ccccc4)cc(Cl)nc3c2n1. The van der Waals surface area contributed by atoms with Gasteiger partial charge in [0.1, 0.15) is 10.3 Å². The van der Waals surface area contributed by atoms with Gasteiger partial charge in [0, 0.05) is 10.8 Å². The molecule has 0 atom stereocenters. The first-order chi connectivity index (χ1) is 13.7. The summed E-state index contributed by atoms with van der Waals surface area (Å²) in [4.78, 5) is 9.22. The molecule has 2 heterocycles. The molecule has 0 saturated heterocycles. The van der Waals surface area contributed by atoms with E-state index in [2.05, 4.69) is 40.3 Å². The van der Waals surface area contributed by atoms with Crippen molar-refractivity contribution in [2.75, 3.05) is 0 Å². The zero-order valence-corrected chi connectivity index (χ0v) is 16.2. The lowest BCUT2D eigenvalue weighted by molar-refractivity contribution is 1.37. The van der Waals surface area contributed by atoms with Crippen LogP contribution in [0.25, 0.3) is 44.1 Å². The molecule has 0 spiro atoms. The Hall–Kier alpha value is -2.94. The maximum absolute atomic E-state index is 6.40. The molecule has 0 aliphatic carbocycles. The van der Waals surface area contributed by atoms with Crippen molar-refractivity contribution in [2.24, 2.45) is 0 Å². The van der Waals surface area contributed by atoms with Gasteiger partial charge in [-0.2, -0.15) is 0 Å². The number of hydrogen-bond donors (Lipinski definition) is 0. The van der Waals surface area contributed by atoms with Crippen molar-refractivity contribution in [3.8, 4) is 22.3 Å². The minimum Gasteiger partial charge on any atom is -0.234 e. The highest BCUT2D eigenvalue weighted by Gasteiger charge is 2.15. The molecule has 0 aliphatic rings. The van der Waals surface area contributed by atoms with Gasteiger partial charge in [-0.05, 0) is 46.5 Å². The molecular formula is C24H14Cl2N2. The fourth-order valence-electron chi connectivity index (χ4n) is 3.62. The number of hydrogen-bond acceptors (Lipinski definition) is 2. The first-order valence-corrected chi connectivity index (χ1v) is 9.67. The Morgan fingerprint density at radius 1 is 0.500 bits per heavy atom. The number of aromatic nitrogens is 2. The summed E-state index contributed by atoms with van der Waals surface area (Å²) in [6.07, 6.45) is 0. The summed E-state index contributed by atoms with van der Waals surface area (Å²) >= 11 is 12.6. The summed E-state index contributed by atoms with van der Waals surface area (Å²) in [6, 6.07) is 28.3. The van der Waals surface area contributed by atoms with Crippen LogP contribution in [-0.4, -0.2) is 9.97 Å². The molecule has 0 bridgehead atoms. The van der Waals surface area contributed by atoms with Crippen molar-refractivity contribution >= 4 is 45.0 Å². The second kappa shape index (κ2) is 6.90. The third-order valence-corrected chi connectivity index (χ3v) is 5.27. The summed E-state index contributed by atoms with van der Waals surface area (Å²) in [7, 11) is 0. The highest BCUT2D eigenvalue weighted by atomic mass is 35.5. The van der Waals surface area contributed by atoms with Crippen LogP contribution in [0.4, 0.5) is 0 Å². The van der Waals surface area contributed by atoms with E-state index in [0.717, 1.165) is 44.1 Å². The molecule has 2 nitrogen and oxygen atoms in total. The monoisotopic (exact) mass is 400 g/mol. The van der Waals surface area contributed by atoms with E-state index in [1.54, 1.807) is 0 Å². The van der Waals surface area contributed by atoms with Crippen molar-refractivity contribution < 1.29 is 0 Å². The lowest BCUT2D eigenvalue weighted by Crippen LogP contribution is -1.93. The molecule has 0 aliphatic heterocycles. The summed E-state index contributed by atoms with van der Waals surface area (Å²) < 4.78 is 0. The Bertz CT molecular complexity index is 1310. The van der Waals surface area contributed by atoms with Crippen LogP contribution in [0.2, 0.25) is 10.3 Å². The Morgan fingerprint density at radius 3 is 1.68 bits per heavy atom. The number of rotatable bonds is 2. The zero-order valence-electron chi connectivity index (χ0n) is 14.7. The molecule has 0 saturated carbocycles. The van der Waals surface area contributed by atoms with Crippen LogP contribution in [0.1, 0.15) is 0 Å². The van der Waals surface area contributed by atoms with Gasteiger partial charge in [-0.1, -0.05) is 83.9 Å². The second-order valence-electron chi connectivity index (χ2n) is 6.58. The van der Waals surface area contributed by atoms with Crippen molar-refractivity contribution in [1.82, 2.24) is 9.97 Å². The molecule has 28 heavy (non-hydrogen) atoms. The predicted octanol–water partition coefficient (Wildman–Crippen LogP) is 7.42. The molecule has 0 fully saturated rings. The van der Waals surface area contributed by atoms with Gasteiger partial charge in [0.15, 0.2) is 0 Å². The molecule has 2 aromatic heterocycles. The van der Waals surface area contributed by atoms with E-state index >= 15 is 0 Å². The van der Waals surface area contributed by atoms with Gasteiger partial charge in [0.25, 0.3) is 0 Å². The second-order valence-corrected chi connectivity index (χ2v) is 7.35. The van der Waals surface area contributed by atoms with Gasteiger partial charge < -0.3 is 0 Å². The van der Waals surface area contributed by atoms with Crippen LogP contribution in [-0.2, 0) is 0 Å². The fraction of sp³-hybridized carbons (Fsp3) is 0. The summed E-state index contributed by atoms with van der Waals surface area (Å²) in [6.45, 7) is 0. The Labute approximate surface area is 172 Å². The number of halogens is 2. The van der Waals surface area contributed by atoms with Gasteiger partial charge in [0.2, 0.25) is 0 Å². The molecule has 5 aromatic rings. The number of fused-ring (bicyclic) bond motifs is 3. The van der Waals surface area contributed by atoms with E-state index < -0.39 is 0 Å². The van der Waals surface area contributed by atoms with Crippen molar-refractivity contribution in [3.63, 3.8) is 0 Å². The predicted molar refractivity (Wildman–Crippen MR) is 118 cm³/mol. The van der Waals surface area contributed by atoms with E-state index in [1.807, 2.05) is 54.6 Å². The molecule has 134 valence electrons. The van der Waals surface area contributed by atoms with Crippen LogP contribution in [0.15, 0.2) is 84.9 Å². The molecule has 0 unspecified atom stereocenters. The maximum atomic E-state index is 6.40. The molecule has 0 radical (unpaired) electrons. The van der Waals surface area contributed by atoms with E-state index in [1.165, 1.54) is 0 Å². The zero-order chi connectivity index (χ0) is 19.1. The molecular weight excluding hydrogens is 387 g/mol. The van der Waals surface area contributed by atoms with E-state index in [0.29, 0.717) is 10.3 Å². The van der Waals surface area contributed by atoms with Crippen LogP contribution < -0.4 is 0 Å². The van der Waals surface area contributed by atoms with Crippen LogP contribution in [0.3, 0.4) is 0 Å². The van der Waals surface area contributed by atoms with E-state index in [4.69, 9.17) is 23.2 Å². The Balaban J connectivity index is 1.97. The summed E-state index contributed by atoms with van der Waals surface area (Å²) in [5, 5.41) is 2.86. The first kappa shape index (κ1) is 17.2. The first-order valence-electron chi connectivity index (χ1n) is 8.91. The summed E-state index contributed by atoms with van der Waals surface area (Å²) in [5.41, 5.74) is 5.82. The van der Waals surface area contributed by atoms with Gasteiger partial charge in [0.05, 0.1) is 11.0 Å². The Kier molecular flexibility index (Phi) is 4.23. The van der Waals surface area contributed by atoms with Gasteiger partial charge >= 0.3 is 0 Å². The molecule has 4 heteroatoms. The fourth-order valence-corrected chi connectivity index (χ4v) is 3.96. The lowest BCUT2D eigenvalue weighted by Gasteiger charge is -2.14. The quantitative estimate of drug-likeness (QED) is 0.227. The molecule has 5 rings (SSSR count). The van der Waals surface area contributed by atoms with Crippen LogP contribution in [0, 0.1) is 0 Å². The van der Waals surface area contributed by atoms with Gasteiger partial charge in [-0.3, -0.25) is 0 Å². The minimum absolute atomic E-state index is 0.432. The smallest absolute Gasteiger partial charge is 0.130 e. The average molecular weight is 401 g/mol. The maximum Gasteiger partial charge on any atom is 0.130 e. The van der Waals surface area contributed by atoms with Crippen molar-refractivity contribution in [1.29, 1.82) is 0 Å². The normalized spacial score (nSPS) is 11.2. The largest absolute Gasteiger partial charge is 0.234 e. The lowest BCUT2D eigenvalue weighted by atomic mass is 9.94. The van der Waals surface area contributed by atoms with E-state index in [-0.39, 0.29) is 0 Å². The molecule has 3 aromatic carbocycles. The molecule has 0 amide bonds. The van der Waals surface area contributed by atoms with Gasteiger partial charge in [-0.15, -0.1) is 0 Å². The highest BCUT2D eigenvalue weighted by molar-refractivity contribution is 6.31.